The highest BCUT2D eigenvalue weighted by molar-refractivity contribution is 7.10. The van der Waals surface area contributed by atoms with Gasteiger partial charge >= 0.3 is 6.16 Å². The summed E-state index contributed by atoms with van der Waals surface area (Å²) < 4.78 is 15.9. The zero-order chi connectivity index (χ0) is 14.9. The molecule has 0 aliphatic carbocycles. The monoisotopic (exact) mass is 312 g/mol. The molecule has 0 unspecified atom stereocenters. The molecule has 4 nitrogen and oxygen atoms in total. The van der Waals surface area contributed by atoms with Crippen molar-refractivity contribution in [1.29, 1.82) is 0 Å². The third-order valence-corrected chi connectivity index (χ3v) is 4.64. The van der Waals surface area contributed by atoms with E-state index in [4.69, 9.17) is 14.2 Å². The van der Waals surface area contributed by atoms with Crippen LogP contribution in [0.5, 0.6) is 0 Å². The van der Waals surface area contributed by atoms with Crippen LogP contribution in [0.3, 0.4) is 0 Å². The third kappa shape index (κ3) is 5.32. The Morgan fingerprint density at radius 3 is 3.05 bits per heavy atom. The Morgan fingerprint density at radius 2 is 2.19 bits per heavy atom. The molecule has 0 N–H and O–H groups in total. The van der Waals surface area contributed by atoms with Crippen LogP contribution in [0.4, 0.5) is 4.79 Å². The Morgan fingerprint density at radius 1 is 1.33 bits per heavy atom. The molecule has 0 fully saturated rings. The minimum Gasteiger partial charge on any atom is -0.434 e. The molecule has 1 atom stereocenters. The van der Waals surface area contributed by atoms with E-state index in [1.54, 1.807) is 11.3 Å². The van der Waals surface area contributed by atoms with Gasteiger partial charge < -0.3 is 14.2 Å². The normalized spacial score (nSPS) is 17.3. The maximum atomic E-state index is 11.5. The van der Waals surface area contributed by atoms with Crippen molar-refractivity contribution in [2.45, 2.75) is 51.6 Å². The van der Waals surface area contributed by atoms with Crippen molar-refractivity contribution >= 4 is 17.5 Å². The molecule has 1 aromatic heterocycles. The largest absolute Gasteiger partial charge is 0.508 e. The summed E-state index contributed by atoms with van der Waals surface area (Å²) in [5.74, 6) is 0. The van der Waals surface area contributed by atoms with E-state index in [-0.39, 0.29) is 12.7 Å². The quantitative estimate of drug-likeness (QED) is 0.524. The fourth-order valence-electron chi connectivity index (χ4n) is 2.39. The van der Waals surface area contributed by atoms with Crippen LogP contribution in [0, 0.1) is 0 Å². The highest BCUT2D eigenvalue weighted by atomic mass is 32.1. The zero-order valence-corrected chi connectivity index (χ0v) is 13.5. The smallest absolute Gasteiger partial charge is 0.434 e. The second-order valence-electron chi connectivity index (χ2n) is 5.24. The van der Waals surface area contributed by atoms with Gasteiger partial charge in [-0.15, -0.1) is 11.3 Å². The second-order valence-corrected chi connectivity index (χ2v) is 6.19. The molecule has 2 rings (SSSR count). The highest BCUT2D eigenvalue weighted by Crippen LogP contribution is 2.31. The van der Waals surface area contributed by atoms with E-state index in [0.29, 0.717) is 13.2 Å². The number of ether oxygens (including phenoxy) is 3. The van der Waals surface area contributed by atoms with E-state index >= 15 is 0 Å². The minimum atomic E-state index is -0.585. The molecule has 0 saturated carbocycles. The number of carbonyl (C=O) groups is 1. The van der Waals surface area contributed by atoms with Gasteiger partial charge in [-0.25, -0.2) is 4.79 Å². The Kier molecular flexibility index (Phi) is 7.03. The summed E-state index contributed by atoms with van der Waals surface area (Å²) in [6.45, 7) is 3.55. The number of hydrogen-bond acceptors (Lipinski definition) is 5. The lowest BCUT2D eigenvalue weighted by atomic mass is 10.1. The first kappa shape index (κ1) is 16.3. The first-order valence-corrected chi connectivity index (χ1v) is 8.66. The van der Waals surface area contributed by atoms with Crippen LogP contribution in [-0.4, -0.2) is 26.0 Å². The molecule has 0 radical (unpaired) electrons. The van der Waals surface area contributed by atoms with Gasteiger partial charge in [-0.1, -0.05) is 32.6 Å². The van der Waals surface area contributed by atoms with Crippen LogP contribution in [0.25, 0.3) is 0 Å². The molecule has 0 amide bonds. The lowest BCUT2D eigenvalue weighted by Crippen LogP contribution is -2.21. The predicted octanol–water partition coefficient (Wildman–Crippen LogP) is 4.49. The molecule has 0 saturated heterocycles. The van der Waals surface area contributed by atoms with Gasteiger partial charge in [-0.05, 0) is 29.9 Å². The van der Waals surface area contributed by atoms with Crippen LogP contribution in [-0.2, 0) is 20.6 Å². The van der Waals surface area contributed by atoms with Crippen molar-refractivity contribution in [2.24, 2.45) is 0 Å². The molecule has 0 bridgehead atoms. The van der Waals surface area contributed by atoms with Gasteiger partial charge in [-0.2, -0.15) is 0 Å². The summed E-state index contributed by atoms with van der Waals surface area (Å²) >= 11 is 1.66. The first-order valence-electron chi connectivity index (χ1n) is 7.78. The van der Waals surface area contributed by atoms with Gasteiger partial charge in [0.25, 0.3) is 0 Å². The Balaban J connectivity index is 1.60. The summed E-state index contributed by atoms with van der Waals surface area (Å²) in [6.07, 6.45) is 5.89. The van der Waals surface area contributed by atoms with Crippen LogP contribution in [0.1, 0.15) is 55.6 Å². The molecular weight excluding hydrogens is 288 g/mol. The summed E-state index contributed by atoms with van der Waals surface area (Å²) in [5.41, 5.74) is 1.31. The van der Waals surface area contributed by atoms with E-state index in [9.17, 15) is 4.79 Å². The van der Waals surface area contributed by atoms with Gasteiger partial charge in [0.15, 0.2) is 0 Å². The standard InChI is InChI=1S/C16H24O4S/c1-2-3-4-5-6-9-19-16(17)20-12-14-15-13(7-10-18-14)8-11-21-15/h8,11,14H,2-7,9-10,12H2,1H3/t14-/m0/s1. The average molecular weight is 312 g/mol. The Labute approximate surface area is 130 Å². The lowest BCUT2D eigenvalue weighted by Gasteiger charge is -2.22. The average Bonchev–Trinajstić information content (AvgIpc) is 2.97. The Bertz CT molecular complexity index is 430. The fraction of sp³-hybridized carbons (Fsp3) is 0.688. The number of hydrogen-bond donors (Lipinski definition) is 0. The topological polar surface area (TPSA) is 44.8 Å². The molecule has 1 aromatic rings. The van der Waals surface area contributed by atoms with Gasteiger partial charge in [0.2, 0.25) is 0 Å². The zero-order valence-electron chi connectivity index (χ0n) is 12.6. The number of fused-ring (bicyclic) bond motifs is 1. The third-order valence-electron chi connectivity index (χ3n) is 3.58. The van der Waals surface area contributed by atoms with Gasteiger partial charge in [0, 0.05) is 4.88 Å². The van der Waals surface area contributed by atoms with Crippen molar-refractivity contribution in [1.82, 2.24) is 0 Å². The maximum Gasteiger partial charge on any atom is 0.508 e. The van der Waals surface area contributed by atoms with Crippen LogP contribution >= 0.6 is 11.3 Å². The summed E-state index contributed by atoms with van der Waals surface area (Å²) in [7, 11) is 0. The van der Waals surface area contributed by atoms with E-state index < -0.39 is 6.16 Å². The molecule has 5 heteroatoms. The Hall–Kier alpha value is -1.07. The van der Waals surface area contributed by atoms with Gasteiger partial charge in [0.1, 0.15) is 12.7 Å². The van der Waals surface area contributed by atoms with E-state index in [0.717, 1.165) is 19.3 Å². The molecule has 0 spiro atoms. The summed E-state index contributed by atoms with van der Waals surface area (Å²) in [5, 5.41) is 2.06. The predicted molar refractivity (Wildman–Crippen MR) is 82.8 cm³/mol. The van der Waals surface area contributed by atoms with E-state index in [2.05, 4.69) is 18.4 Å². The van der Waals surface area contributed by atoms with Crippen molar-refractivity contribution in [2.75, 3.05) is 19.8 Å². The first-order chi connectivity index (χ1) is 10.3. The van der Waals surface area contributed by atoms with Crippen molar-refractivity contribution in [3.05, 3.63) is 21.9 Å². The minimum absolute atomic E-state index is 0.133. The maximum absolute atomic E-state index is 11.5. The van der Waals surface area contributed by atoms with Crippen LogP contribution < -0.4 is 0 Å². The van der Waals surface area contributed by atoms with Gasteiger partial charge in [-0.3, -0.25) is 0 Å². The number of carbonyl (C=O) groups excluding carboxylic acids is 1. The van der Waals surface area contributed by atoms with Crippen molar-refractivity contribution in [3.8, 4) is 0 Å². The van der Waals surface area contributed by atoms with E-state index in [1.807, 2.05) is 0 Å². The number of rotatable bonds is 8. The summed E-state index contributed by atoms with van der Waals surface area (Å²) in [6, 6.07) is 2.12. The molecular formula is C16H24O4S. The van der Waals surface area contributed by atoms with Crippen LogP contribution in [0.2, 0.25) is 0 Å². The molecule has 0 aromatic carbocycles. The van der Waals surface area contributed by atoms with Crippen LogP contribution in [0.15, 0.2) is 11.4 Å². The number of thiophene rings is 1. The second kappa shape index (κ2) is 9.05. The lowest BCUT2D eigenvalue weighted by molar-refractivity contribution is -0.0219. The van der Waals surface area contributed by atoms with E-state index in [1.165, 1.54) is 29.7 Å². The highest BCUT2D eigenvalue weighted by Gasteiger charge is 2.23. The molecule has 118 valence electrons. The number of unbranched alkanes of at least 4 members (excludes halogenated alkanes) is 4. The fourth-order valence-corrected chi connectivity index (χ4v) is 3.38. The molecule has 1 aliphatic heterocycles. The summed E-state index contributed by atoms with van der Waals surface area (Å²) in [4.78, 5) is 12.7. The van der Waals surface area contributed by atoms with Crippen molar-refractivity contribution in [3.63, 3.8) is 0 Å². The molecule has 2 heterocycles. The van der Waals surface area contributed by atoms with Crippen molar-refractivity contribution < 1.29 is 19.0 Å². The SMILES string of the molecule is CCCCCCCOC(=O)OC[C@@H]1OCCc2ccsc21. The molecule has 21 heavy (non-hydrogen) atoms. The molecule has 1 aliphatic rings. The van der Waals surface area contributed by atoms with Gasteiger partial charge in [0.05, 0.1) is 13.2 Å².